The molecule has 1 unspecified atom stereocenters. The van der Waals surface area contributed by atoms with Gasteiger partial charge < -0.3 is 10.8 Å². The minimum atomic E-state index is -0.207. The summed E-state index contributed by atoms with van der Waals surface area (Å²) in [5.41, 5.74) is 7.06. The van der Waals surface area contributed by atoms with E-state index in [1.807, 2.05) is 0 Å². The van der Waals surface area contributed by atoms with Crippen molar-refractivity contribution in [3.05, 3.63) is 35.9 Å². The van der Waals surface area contributed by atoms with Crippen LogP contribution < -0.4 is 5.73 Å². The van der Waals surface area contributed by atoms with Gasteiger partial charge in [0.2, 0.25) is 0 Å². The highest BCUT2D eigenvalue weighted by Gasteiger charge is 2.32. The molecule has 1 aliphatic rings. The standard InChI is InChI=1S/C18H30N2O/c1-2-18(21)17-14-16(9-12-20(17)11-6-10-19)13-15-7-4-3-5-8-15/h3-5,7-8,16-18,21H,2,6,9-14,19H2,1H3/t16-,17?,18+/m1/s1. The average Bonchev–Trinajstić information content (AvgIpc) is 2.53. The highest BCUT2D eigenvalue weighted by molar-refractivity contribution is 5.15. The molecule has 118 valence electrons. The molecular formula is C18H30N2O. The van der Waals surface area contributed by atoms with Gasteiger partial charge in [-0.05, 0) is 63.2 Å². The first-order chi connectivity index (χ1) is 10.2. The van der Waals surface area contributed by atoms with E-state index < -0.39 is 0 Å². The van der Waals surface area contributed by atoms with E-state index in [0.717, 1.165) is 45.3 Å². The normalized spacial score (nSPS) is 24.9. The molecule has 2 rings (SSSR count). The van der Waals surface area contributed by atoms with Crippen molar-refractivity contribution in [3.8, 4) is 0 Å². The maximum Gasteiger partial charge on any atom is 0.0692 e. The Morgan fingerprint density at radius 1 is 1.33 bits per heavy atom. The Bertz CT molecular complexity index is 395. The second-order valence-corrected chi connectivity index (χ2v) is 6.30. The van der Waals surface area contributed by atoms with Gasteiger partial charge in [-0.1, -0.05) is 37.3 Å². The molecule has 3 nitrogen and oxygen atoms in total. The molecule has 0 aromatic heterocycles. The molecule has 1 aromatic carbocycles. The summed E-state index contributed by atoms with van der Waals surface area (Å²) < 4.78 is 0. The Kier molecular flexibility index (Phi) is 6.68. The van der Waals surface area contributed by atoms with Crippen LogP contribution >= 0.6 is 0 Å². The number of benzene rings is 1. The van der Waals surface area contributed by atoms with Crippen LogP contribution in [0.15, 0.2) is 30.3 Å². The maximum absolute atomic E-state index is 10.4. The Morgan fingerprint density at radius 2 is 2.10 bits per heavy atom. The van der Waals surface area contributed by atoms with E-state index in [1.165, 1.54) is 12.0 Å². The second kappa shape index (κ2) is 8.52. The number of aliphatic hydroxyl groups excluding tert-OH is 1. The molecule has 1 fully saturated rings. The van der Waals surface area contributed by atoms with Crippen LogP contribution in [0.2, 0.25) is 0 Å². The van der Waals surface area contributed by atoms with Crippen molar-refractivity contribution in [1.82, 2.24) is 4.90 Å². The lowest BCUT2D eigenvalue weighted by molar-refractivity contribution is 0.00702. The summed E-state index contributed by atoms with van der Waals surface area (Å²) in [5.74, 6) is 0.688. The summed E-state index contributed by atoms with van der Waals surface area (Å²) in [7, 11) is 0. The van der Waals surface area contributed by atoms with Gasteiger partial charge >= 0.3 is 0 Å². The molecular weight excluding hydrogens is 260 g/mol. The zero-order chi connectivity index (χ0) is 15.1. The van der Waals surface area contributed by atoms with Gasteiger partial charge in [0, 0.05) is 6.04 Å². The van der Waals surface area contributed by atoms with Crippen LogP contribution in [-0.4, -0.2) is 41.8 Å². The van der Waals surface area contributed by atoms with Crippen molar-refractivity contribution in [2.24, 2.45) is 11.7 Å². The average molecular weight is 290 g/mol. The molecule has 0 aliphatic carbocycles. The number of hydrogen-bond donors (Lipinski definition) is 2. The summed E-state index contributed by atoms with van der Waals surface area (Å²) in [5, 5.41) is 10.4. The van der Waals surface area contributed by atoms with Gasteiger partial charge in [0.15, 0.2) is 0 Å². The van der Waals surface area contributed by atoms with Crippen LogP contribution in [0.1, 0.15) is 38.2 Å². The Labute approximate surface area is 129 Å². The lowest BCUT2D eigenvalue weighted by atomic mass is 9.83. The highest BCUT2D eigenvalue weighted by atomic mass is 16.3. The molecule has 0 spiro atoms. The third-order valence-electron chi connectivity index (χ3n) is 4.75. The minimum Gasteiger partial charge on any atom is -0.392 e. The van der Waals surface area contributed by atoms with Gasteiger partial charge in [-0.15, -0.1) is 0 Å². The van der Waals surface area contributed by atoms with Crippen LogP contribution in [0.5, 0.6) is 0 Å². The molecule has 1 aliphatic heterocycles. The zero-order valence-corrected chi connectivity index (χ0v) is 13.2. The van der Waals surface area contributed by atoms with E-state index in [-0.39, 0.29) is 6.10 Å². The molecule has 1 aromatic rings. The number of hydrogen-bond acceptors (Lipinski definition) is 3. The summed E-state index contributed by atoms with van der Waals surface area (Å²) >= 11 is 0. The molecule has 21 heavy (non-hydrogen) atoms. The zero-order valence-electron chi connectivity index (χ0n) is 13.2. The van der Waals surface area contributed by atoms with Crippen molar-refractivity contribution in [2.75, 3.05) is 19.6 Å². The van der Waals surface area contributed by atoms with Crippen LogP contribution in [0.25, 0.3) is 0 Å². The number of rotatable bonds is 7. The molecule has 3 heteroatoms. The Morgan fingerprint density at radius 3 is 2.76 bits per heavy atom. The molecule has 0 saturated carbocycles. The minimum absolute atomic E-state index is 0.207. The smallest absolute Gasteiger partial charge is 0.0692 e. The van der Waals surface area contributed by atoms with E-state index in [0.29, 0.717) is 12.0 Å². The van der Waals surface area contributed by atoms with E-state index in [2.05, 4.69) is 42.2 Å². The van der Waals surface area contributed by atoms with Gasteiger partial charge in [-0.25, -0.2) is 0 Å². The van der Waals surface area contributed by atoms with Crippen LogP contribution in [0.4, 0.5) is 0 Å². The molecule has 3 N–H and O–H groups in total. The second-order valence-electron chi connectivity index (χ2n) is 6.30. The summed E-state index contributed by atoms with van der Waals surface area (Å²) in [6.07, 6.45) is 5.12. The summed E-state index contributed by atoms with van der Waals surface area (Å²) in [6.45, 7) is 4.93. The summed E-state index contributed by atoms with van der Waals surface area (Å²) in [4.78, 5) is 2.46. The fraction of sp³-hybridized carbons (Fsp3) is 0.667. The summed E-state index contributed by atoms with van der Waals surface area (Å²) in [6, 6.07) is 11.0. The van der Waals surface area contributed by atoms with Crippen molar-refractivity contribution >= 4 is 0 Å². The van der Waals surface area contributed by atoms with E-state index in [9.17, 15) is 5.11 Å². The monoisotopic (exact) mass is 290 g/mol. The lowest BCUT2D eigenvalue weighted by Gasteiger charge is -2.42. The number of likely N-dealkylation sites (tertiary alicyclic amines) is 1. The van der Waals surface area contributed by atoms with Crippen LogP contribution in [0.3, 0.4) is 0 Å². The van der Waals surface area contributed by atoms with Gasteiger partial charge in [-0.2, -0.15) is 0 Å². The fourth-order valence-electron chi connectivity index (χ4n) is 3.50. The number of nitrogens with two attached hydrogens (primary N) is 1. The lowest BCUT2D eigenvalue weighted by Crippen LogP contribution is -2.49. The third kappa shape index (κ3) is 4.80. The van der Waals surface area contributed by atoms with Gasteiger partial charge in [0.1, 0.15) is 0 Å². The SMILES string of the molecule is CC[C@H](O)C1C[C@@H](Cc2ccccc2)CCN1CCCN. The molecule has 0 amide bonds. The van der Waals surface area contributed by atoms with E-state index >= 15 is 0 Å². The highest BCUT2D eigenvalue weighted by Crippen LogP contribution is 2.28. The fourth-order valence-corrected chi connectivity index (χ4v) is 3.50. The predicted octanol–water partition coefficient (Wildman–Crippen LogP) is 2.43. The van der Waals surface area contributed by atoms with Gasteiger partial charge in [0.25, 0.3) is 0 Å². The third-order valence-corrected chi connectivity index (χ3v) is 4.75. The van der Waals surface area contributed by atoms with Crippen LogP contribution in [-0.2, 0) is 6.42 Å². The maximum atomic E-state index is 10.4. The van der Waals surface area contributed by atoms with Gasteiger partial charge in [0.05, 0.1) is 6.10 Å². The van der Waals surface area contributed by atoms with E-state index in [1.54, 1.807) is 0 Å². The Hall–Kier alpha value is -0.900. The number of aliphatic hydroxyl groups is 1. The van der Waals surface area contributed by atoms with Crippen molar-refractivity contribution in [1.29, 1.82) is 0 Å². The van der Waals surface area contributed by atoms with Crippen LogP contribution in [0, 0.1) is 5.92 Å². The first-order valence-electron chi connectivity index (χ1n) is 8.40. The molecule has 1 heterocycles. The molecule has 0 bridgehead atoms. The first kappa shape index (κ1) is 16.5. The number of nitrogens with zero attached hydrogens (tertiary/aromatic N) is 1. The molecule has 1 saturated heterocycles. The van der Waals surface area contributed by atoms with Crippen molar-refractivity contribution in [3.63, 3.8) is 0 Å². The molecule has 3 atom stereocenters. The van der Waals surface area contributed by atoms with Gasteiger partial charge in [-0.3, -0.25) is 4.90 Å². The predicted molar refractivity (Wildman–Crippen MR) is 88.2 cm³/mol. The quantitative estimate of drug-likeness (QED) is 0.811. The van der Waals surface area contributed by atoms with Crippen molar-refractivity contribution < 1.29 is 5.11 Å². The topological polar surface area (TPSA) is 49.5 Å². The number of piperidine rings is 1. The largest absolute Gasteiger partial charge is 0.392 e. The Balaban J connectivity index is 1.95. The van der Waals surface area contributed by atoms with Crippen molar-refractivity contribution in [2.45, 2.75) is 51.2 Å². The molecule has 0 radical (unpaired) electrons. The van der Waals surface area contributed by atoms with E-state index in [4.69, 9.17) is 5.73 Å². The first-order valence-corrected chi connectivity index (χ1v) is 8.40.